The highest BCUT2D eigenvalue weighted by atomic mass is 31.2. The molecule has 0 saturated heterocycles. The topological polar surface area (TPSA) is 133 Å². The Hall–Kier alpha value is -2.10. The number of nitrogens with zero attached hydrogens (tertiary/aromatic N) is 3. The summed E-state index contributed by atoms with van der Waals surface area (Å²) in [4.78, 5) is 31.3. The Morgan fingerprint density at radius 1 is 0.880 bits per heavy atom. The SMILES string of the molecule is COc1nc(OC)nc(-c2ccc(C(OC)(OC)P(=O)(O)O)cc2)n1. The van der Waals surface area contributed by atoms with Crippen LogP contribution < -0.4 is 9.47 Å². The molecule has 0 spiro atoms. The molecular formula is C14H18N3O7P. The number of ether oxygens (including phenoxy) is 4. The molecule has 0 atom stereocenters. The van der Waals surface area contributed by atoms with E-state index in [-0.39, 0.29) is 23.4 Å². The Bertz CT molecular complexity index is 752. The molecule has 0 aliphatic heterocycles. The summed E-state index contributed by atoms with van der Waals surface area (Å²) in [7, 11) is 0.355. The van der Waals surface area contributed by atoms with Gasteiger partial charge < -0.3 is 28.7 Å². The van der Waals surface area contributed by atoms with Gasteiger partial charge in [-0.3, -0.25) is 4.57 Å². The van der Waals surface area contributed by atoms with Gasteiger partial charge in [0.05, 0.1) is 14.2 Å². The van der Waals surface area contributed by atoms with Crippen LogP contribution in [0.4, 0.5) is 0 Å². The van der Waals surface area contributed by atoms with Crippen molar-refractivity contribution in [2.75, 3.05) is 28.4 Å². The second kappa shape index (κ2) is 7.42. The van der Waals surface area contributed by atoms with Crippen LogP contribution in [0.3, 0.4) is 0 Å². The lowest BCUT2D eigenvalue weighted by Gasteiger charge is -2.31. The molecule has 1 aromatic carbocycles. The van der Waals surface area contributed by atoms with E-state index in [0.717, 1.165) is 14.2 Å². The molecule has 136 valence electrons. The lowest BCUT2D eigenvalue weighted by atomic mass is 10.1. The molecule has 2 aromatic rings. The van der Waals surface area contributed by atoms with Crippen molar-refractivity contribution in [1.29, 1.82) is 0 Å². The summed E-state index contributed by atoms with van der Waals surface area (Å²) in [6.45, 7) is 0. The quantitative estimate of drug-likeness (QED) is 0.539. The molecule has 1 aromatic heterocycles. The first kappa shape index (κ1) is 19.2. The molecule has 0 unspecified atom stereocenters. The van der Waals surface area contributed by atoms with Gasteiger partial charge in [-0.05, 0) is 0 Å². The zero-order valence-electron chi connectivity index (χ0n) is 14.0. The van der Waals surface area contributed by atoms with Gasteiger partial charge in [-0.15, -0.1) is 4.98 Å². The Morgan fingerprint density at radius 3 is 1.72 bits per heavy atom. The molecule has 0 amide bonds. The number of rotatable bonds is 7. The van der Waals surface area contributed by atoms with Crippen LogP contribution in [-0.4, -0.2) is 53.2 Å². The van der Waals surface area contributed by atoms with Gasteiger partial charge in [-0.2, -0.15) is 9.97 Å². The predicted octanol–water partition coefficient (Wildman–Crippen LogP) is 1.14. The van der Waals surface area contributed by atoms with Gasteiger partial charge in [0.25, 0.3) is 5.53 Å². The van der Waals surface area contributed by atoms with Crippen molar-refractivity contribution < 1.29 is 33.3 Å². The van der Waals surface area contributed by atoms with Gasteiger partial charge in [0, 0.05) is 25.3 Å². The van der Waals surface area contributed by atoms with Crippen LogP contribution in [0, 0.1) is 0 Å². The summed E-state index contributed by atoms with van der Waals surface area (Å²) in [6.07, 6.45) is 0. The predicted molar refractivity (Wildman–Crippen MR) is 86.1 cm³/mol. The molecule has 0 aliphatic rings. The third-order valence-corrected chi connectivity index (χ3v) is 4.79. The Balaban J connectivity index is 2.48. The van der Waals surface area contributed by atoms with E-state index in [1.807, 2.05) is 0 Å². The van der Waals surface area contributed by atoms with Gasteiger partial charge >= 0.3 is 19.6 Å². The van der Waals surface area contributed by atoms with Crippen molar-refractivity contribution in [3.63, 3.8) is 0 Å². The average molecular weight is 371 g/mol. The lowest BCUT2D eigenvalue weighted by molar-refractivity contribution is -0.162. The minimum absolute atomic E-state index is 0.0734. The third kappa shape index (κ3) is 3.63. The maximum Gasteiger partial charge on any atom is 0.389 e. The van der Waals surface area contributed by atoms with Crippen LogP contribution in [-0.2, 0) is 19.6 Å². The fraction of sp³-hybridized carbons (Fsp3) is 0.357. The minimum atomic E-state index is -4.77. The van der Waals surface area contributed by atoms with Crippen LogP contribution in [0.15, 0.2) is 24.3 Å². The first-order valence-electron chi connectivity index (χ1n) is 6.92. The van der Waals surface area contributed by atoms with Gasteiger partial charge in [0.15, 0.2) is 5.82 Å². The molecule has 2 rings (SSSR count). The molecule has 0 bridgehead atoms. The van der Waals surface area contributed by atoms with E-state index in [0.29, 0.717) is 5.56 Å². The highest BCUT2D eigenvalue weighted by Crippen LogP contribution is 2.57. The molecule has 11 heteroatoms. The molecule has 2 N–H and O–H groups in total. The molecule has 10 nitrogen and oxygen atoms in total. The van der Waals surface area contributed by atoms with Crippen molar-refractivity contribution in [2.24, 2.45) is 0 Å². The molecule has 0 fully saturated rings. The van der Waals surface area contributed by atoms with Crippen molar-refractivity contribution in [2.45, 2.75) is 5.53 Å². The highest BCUT2D eigenvalue weighted by molar-refractivity contribution is 7.52. The normalized spacial score (nSPS) is 12.1. The highest BCUT2D eigenvalue weighted by Gasteiger charge is 2.50. The summed E-state index contributed by atoms with van der Waals surface area (Å²) in [5.74, 6) is 0.270. The Kier molecular flexibility index (Phi) is 5.71. The lowest BCUT2D eigenvalue weighted by Crippen LogP contribution is -2.30. The van der Waals surface area contributed by atoms with Crippen LogP contribution in [0.2, 0.25) is 0 Å². The minimum Gasteiger partial charge on any atom is -0.467 e. The van der Waals surface area contributed by atoms with E-state index < -0.39 is 13.1 Å². The van der Waals surface area contributed by atoms with Gasteiger partial charge in [0.2, 0.25) is 0 Å². The number of aromatic nitrogens is 3. The second-order valence-electron chi connectivity index (χ2n) is 4.74. The van der Waals surface area contributed by atoms with E-state index in [9.17, 15) is 14.4 Å². The molecule has 25 heavy (non-hydrogen) atoms. The summed E-state index contributed by atoms with van der Waals surface area (Å²) in [5.41, 5.74) is -1.50. The van der Waals surface area contributed by atoms with Gasteiger partial charge in [-0.25, -0.2) is 0 Å². The second-order valence-corrected chi connectivity index (χ2v) is 6.42. The zero-order valence-corrected chi connectivity index (χ0v) is 14.9. The largest absolute Gasteiger partial charge is 0.467 e. The standard InChI is InChI=1S/C14H18N3O7P/c1-21-12-15-11(16-13(17-12)22-2)9-5-7-10(8-6-9)14(23-3,24-4)25(18,19)20/h5-8H,1-4H3,(H2,18,19,20). The van der Waals surface area contributed by atoms with Gasteiger partial charge in [0.1, 0.15) is 0 Å². The summed E-state index contributed by atoms with van der Waals surface area (Å²) >= 11 is 0. The Morgan fingerprint density at radius 2 is 1.36 bits per heavy atom. The molecule has 0 saturated carbocycles. The van der Waals surface area contributed by atoms with Gasteiger partial charge in [-0.1, -0.05) is 24.3 Å². The molecule has 1 heterocycles. The maximum atomic E-state index is 11.8. The number of hydrogen-bond acceptors (Lipinski definition) is 8. The zero-order chi connectivity index (χ0) is 18.7. The smallest absolute Gasteiger partial charge is 0.389 e. The van der Waals surface area contributed by atoms with Crippen LogP contribution in [0.5, 0.6) is 12.0 Å². The first-order valence-corrected chi connectivity index (χ1v) is 8.53. The van der Waals surface area contributed by atoms with E-state index in [2.05, 4.69) is 15.0 Å². The van der Waals surface area contributed by atoms with Crippen molar-refractivity contribution in [3.8, 4) is 23.4 Å². The fourth-order valence-electron chi connectivity index (χ4n) is 2.20. The Labute approximate surface area is 143 Å². The number of hydrogen-bond donors (Lipinski definition) is 2. The number of benzene rings is 1. The molecule has 0 aliphatic carbocycles. The van der Waals surface area contributed by atoms with E-state index in [1.54, 1.807) is 12.1 Å². The average Bonchev–Trinajstić information content (AvgIpc) is 2.62. The molecule has 0 radical (unpaired) electrons. The van der Waals surface area contributed by atoms with Crippen molar-refractivity contribution in [1.82, 2.24) is 15.0 Å². The van der Waals surface area contributed by atoms with E-state index in [1.165, 1.54) is 26.4 Å². The van der Waals surface area contributed by atoms with Crippen molar-refractivity contribution >= 4 is 7.60 Å². The van der Waals surface area contributed by atoms with Crippen LogP contribution in [0.25, 0.3) is 11.4 Å². The third-order valence-electron chi connectivity index (χ3n) is 3.40. The maximum absolute atomic E-state index is 11.8. The fourth-order valence-corrected chi connectivity index (χ4v) is 3.17. The monoisotopic (exact) mass is 371 g/mol. The van der Waals surface area contributed by atoms with Crippen LogP contribution >= 0.6 is 7.60 Å². The van der Waals surface area contributed by atoms with E-state index in [4.69, 9.17) is 18.9 Å². The molecular weight excluding hydrogens is 353 g/mol. The van der Waals surface area contributed by atoms with E-state index >= 15 is 0 Å². The summed E-state index contributed by atoms with van der Waals surface area (Å²) in [5, 5.41) is 0. The summed E-state index contributed by atoms with van der Waals surface area (Å²) < 4.78 is 31.8. The first-order chi connectivity index (χ1) is 11.8. The summed E-state index contributed by atoms with van der Waals surface area (Å²) in [6, 6.07) is 6.17. The number of methoxy groups -OCH3 is 4. The van der Waals surface area contributed by atoms with Crippen molar-refractivity contribution in [3.05, 3.63) is 29.8 Å². The van der Waals surface area contributed by atoms with Crippen LogP contribution in [0.1, 0.15) is 5.56 Å².